The van der Waals surface area contributed by atoms with Gasteiger partial charge < -0.3 is 10.2 Å². The van der Waals surface area contributed by atoms with E-state index in [1.807, 2.05) is 0 Å². The lowest BCUT2D eigenvalue weighted by Gasteiger charge is -2.11. The Morgan fingerprint density at radius 3 is 2.00 bits per heavy atom. The molecule has 0 fully saturated rings. The zero-order valence-electron chi connectivity index (χ0n) is 10.6. The summed E-state index contributed by atoms with van der Waals surface area (Å²) in [5.41, 5.74) is 1.14. The second kappa shape index (κ2) is 4.59. The average molecular weight is 278 g/mol. The molecule has 0 atom stereocenters. The number of aryl methyl sites for hydroxylation is 2. The van der Waals surface area contributed by atoms with Gasteiger partial charge >= 0.3 is 0 Å². The summed E-state index contributed by atoms with van der Waals surface area (Å²) in [5.74, 6) is -0.887. The Morgan fingerprint density at radius 1 is 0.947 bits per heavy atom. The largest absolute Gasteiger partial charge is 0.506 e. The lowest BCUT2D eigenvalue weighted by Crippen LogP contribution is -2.05. The predicted octanol–water partition coefficient (Wildman–Crippen LogP) is 2.55. The van der Waals surface area contributed by atoms with Crippen LogP contribution in [0.5, 0.6) is 11.5 Å². The van der Waals surface area contributed by atoms with Crippen LogP contribution in [0.15, 0.2) is 46.2 Å². The molecule has 2 aromatic rings. The van der Waals surface area contributed by atoms with Crippen molar-refractivity contribution in [2.75, 3.05) is 0 Å². The Hall–Kier alpha value is -2.01. The minimum Gasteiger partial charge on any atom is -0.506 e. The van der Waals surface area contributed by atoms with Crippen molar-refractivity contribution in [3.8, 4) is 11.5 Å². The molecule has 100 valence electrons. The summed E-state index contributed by atoms with van der Waals surface area (Å²) in [4.78, 5) is -0.378. The fourth-order valence-corrected chi connectivity index (χ4v) is 3.62. The fourth-order valence-electron chi connectivity index (χ4n) is 1.98. The topological polar surface area (TPSA) is 74.6 Å². The van der Waals surface area contributed by atoms with Gasteiger partial charge in [-0.2, -0.15) is 0 Å². The van der Waals surface area contributed by atoms with Gasteiger partial charge in [0.2, 0.25) is 9.84 Å². The SMILES string of the molecule is Cc1cc(O)c(S(=O)(=O)c2ccccc2C)c(O)c1. The Bertz CT molecular complexity index is 710. The van der Waals surface area contributed by atoms with Gasteiger partial charge in [-0.3, -0.25) is 0 Å². The van der Waals surface area contributed by atoms with Gasteiger partial charge in [-0.1, -0.05) is 18.2 Å². The highest BCUT2D eigenvalue weighted by molar-refractivity contribution is 7.91. The zero-order valence-corrected chi connectivity index (χ0v) is 11.4. The maximum absolute atomic E-state index is 12.5. The minimum absolute atomic E-state index is 0.0736. The van der Waals surface area contributed by atoms with E-state index in [1.54, 1.807) is 32.0 Å². The van der Waals surface area contributed by atoms with Gasteiger partial charge in [0.15, 0.2) is 4.90 Å². The summed E-state index contributed by atoms with van der Waals surface area (Å²) in [6.07, 6.45) is 0. The highest BCUT2D eigenvalue weighted by Gasteiger charge is 2.27. The molecule has 0 saturated carbocycles. The van der Waals surface area contributed by atoms with E-state index in [9.17, 15) is 18.6 Å². The van der Waals surface area contributed by atoms with Crippen LogP contribution in [0.1, 0.15) is 11.1 Å². The normalized spacial score (nSPS) is 11.5. The molecule has 0 saturated heterocycles. The van der Waals surface area contributed by atoms with Crippen LogP contribution >= 0.6 is 0 Å². The number of sulfone groups is 1. The van der Waals surface area contributed by atoms with Gasteiger partial charge in [0, 0.05) is 0 Å². The van der Waals surface area contributed by atoms with Crippen molar-refractivity contribution < 1.29 is 18.6 Å². The Balaban J connectivity index is 2.75. The molecule has 2 N–H and O–H groups in total. The lowest BCUT2D eigenvalue weighted by atomic mass is 10.2. The van der Waals surface area contributed by atoms with E-state index in [4.69, 9.17) is 0 Å². The third-order valence-electron chi connectivity index (χ3n) is 2.85. The number of hydrogen-bond acceptors (Lipinski definition) is 4. The van der Waals surface area contributed by atoms with Crippen LogP contribution in [0.4, 0.5) is 0 Å². The Morgan fingerprint density at radius 2 is 1.47 bits per heavy atom. The molecular weight excluding hydrogens is 264 g/mol. The van der Waals surface area contributed by atoms with Crippen LogP contribution in [0.2, 0.25) is 0 Å². The average Bonchev–Trinajstić information content (AvgIpc) is 2.27. The first kappa shape index (κ1) is 13.4. The van der Waals surface area contributed by atoms with Crippen LogP contribution in [-0.4, -0.2) is 18.6 Å². The van der Waals surface area contributed by atoms with E-state index in [0.717, 1.165) is 0 Å². The molecule has 0 aliphatic heterocycles. The highest BCUT2D eigenvalue weighted by atomic mass is 32.2. The van der Waals surface area contributed by atoms with Crippen molar-refractivity contribution in [2.24, 2.45) is 0 Å². The molecule has 2 rings (SSSR count). The van der Waals surface area contributed by atoms with E-state index in [1.165, 1.54) is 18.2 Å². The molecule has 0 aliphatic carbocycles. The molecule has 4 nitrogen and oxygen atoms in total. The van der Waals surface area contributed by atoms with Gasteiger partial charge in [0.05, 0.1) is 4.90 Å². The monoisotopic (exact) mass is 278 g/mol. The van der Waals surface area contributed by atoms with Crippen molar-refractivity contribution in [3.05, 3.63) is 47.5 Å². The third kappa shape index (κ3) is 2.29. The molecule has 5 heteroatoms. The molecule has 0 radical (unpaired) electrons. The van der Waals surface area contributed by atoms with Gasteiger partial charge in [0.1, 0.15) is 11.5 Å². The van der Waals surface area contributed by atoms with Gasteiger partial charge in [-0.05, 0) is 43.2 Å². The van der Waals surface area contributed by atoms with Crippen molar-refractivity contribution in [1.82, 2.24) is 0 Å². The molecule has 0 bridgehead atoms. The first-order valence-electron chi connectivity index (χ1n) is 5.67. The molecule has 0 amide bonds. The number of benzene rings is 2. The van der Waals surface area contributed by atoms with Crippen LogP contribution in [-0.2, 0) is 9.84 Å². The molecule has 0 aromatic heterocycles. The van der Waals surface area contributed by atoms with Crippen molar-refractivity contribution in [2.45, 2.75) is 23.6 Å². The zero-order chi connectivity index (χ0) is 14.2. The van der Waals surface area contributed by atoms with E-state index in [2.05, 4.69) is 0 Å². The first-order valence-corrected chi connectivity index (χ1v) is 7.15. The Kier molecular flexibility index (Phi) is 3.24. The summed E-state index contributed by atoms with van der Waals surface area (Å²) in [5, 5.41) is 19.6. The maximum atomic E-state index is 12.5. The van der Waals surface area contributed by atoms with Crippen molar-refractivity contribution in [3.63, 3.8) is 0 Å². The van der Waals surface area contributed by atoms with E-state index < -0.39 is 26.2 Å². The van der Waals surface area contributed by atoms with Crippen molar-refractivity contribution >= 4 is 9.84 Å². The van der Waals surface area contributed by atoms with Gasteiger partial charge in [0.25, 0.3) is 0 Å². The first-order chi connectivity index (χ1) is 8.84. The summed E-state index contributed by atoms with van der Waals surface area (Å²) < 4.78 is 25.0. The van der Waals surface area contributed by atoms with Crippen LogP contribution in [0.25, 0.3) is 0 Å². The van der Waals surface area contributed by atoms with E-state index in [-0.39, 0.29) is 4.90 Å². The smallest absolute Gasteiger partial charge is 0.214 e. The second-order valence-electron chi connectivity index (χ2n) is 4.40. The van der Waals surface area contributed by atoms with Crippen LogP contribution < -0.4 is 0 Å². The van der Waals surface area contributed by atoms with E-state index in [0.29, 0.717) is 11.1 Å². The number of phenols is 2. The molecule has 2 aromatic carbocycles. The highest BCUT2D eigenvalue weighted by Crippen LogP contribution is 2.37. The maximum Gasteiger partial charge on any atom is 0.214 e. The molecule has 0 aliphatic rings. The second-order valence-corrected chi connectivity index (χ2v) is 6.26. The number of aromatic hydroxyl groups is 2. The predicted molar refractivity (Wildman–Crippen MR) is 71.1 cm³/mol. The number of rotatable bonds is 2. The van der Waals surface area contributed by atoms with Gasteiger partial charge in [-0.25, -0.2) is 8.42 Å². The van der Waals surface area contributed by atoms with Crippen LogP contribution in [0, 0.1) is 13.8 Å². The Labute approximate surface area is 111 Å². The van der Waals surface area contributed by atoms with Gasteiger partial charge in [-0.15, -0.1) is 0 Å². The summed E-state index contributed by atoms with van der Waals surface area (Å²) >= 11 is 0. The summed E-state index contributed by atoms with van der Waals surface area (Å²) in [6, 6.07) is 9.06. The molecule has 19 heavy (non-hydrogen) atoms. The lowest BCUT2D eigenvalue weighted by molar-refractivity contribution is 0.422. The molecule has 0 spiro atoms. The molecular formula is C14H14O4S. The third-order valence-corrected chi connectivity index (χ3v) is 4.84. The number of hydrogen-bond donors (Lipinski definition) is 2. The summed E-state index contributed by atoms with van der Waals surface area (Å²) in [7, 11) is -3.95. The van der Waals surface area contributed by atoms with E-state index >= 15 is 0 Å². The fraction of sp³-hybridized carbons (Fsp3) is 0.143. The van der Waals surface area contributed by atoms with Crippen molar-refractivity contribution in [1.29, 1.82) is 0 Å². The molecule has 0 unspecified atom stereocenters. The standard InChI is InChI=1S/C14H14O4S/c1-9-7-11(15)14(12(16)8-9)19(17,18)13-6-4-3-5-10(13)2/h3-8,15-16H,1-2H3. The van der Waals surface area contributed by atoms with Crippen LogP contribution in [0.3, 0.4) is 0 Å². The quantitative estimate of drug-likeness (QED) is 0.885. The summed E-state index contributed by atoms with van der Waals surface area (Å²) in [6.45, 7) is 3.32. The number of phenolic OH excluding ortho intramolecular Hbond substituents is 2. The minimum atomic E-state index is -3.95. The molecule has 0 heterocycles.